The van der Waals surface area contributed by atoms with Gasteiger partial charge < -0.3 is 10.4 Å². The molecule has 0 aliphatic heterocycles. The van der Waals surface area contributed by atoms with Gasteiger partial charge in [-0.1, -0.05) is 66.6 Å². The number of fused-ring (bicyclic) bond motifs is 1. The number of hydrogen-bond acceptors (Lipinski definition) is 2. The van der Waals surface area contributed by atoms with E-state index in [9.17, 15) is 9.90 Å². The van der Waals surface area contributed by atoms with Crippen LogP contribution in [0.2, 0.25) is 0 Å². The van der Waals surface area contributed by atoms with Crippen LogP contribution in [0, 0.1) is 6.58 Å². The van der Waals surface area contributed by atoms with Crippen LogP contribution in [0.5, 0.6) is 0 Å². The quantitative estimate of drug-likeness (QED) is 0.740. The third-order valence-electron chi connectivity index (χ3n) is 4.77. The van der Waals surface area contributed by atoms with Crippen LogP contribution in [0.3, 0.4) is 0 Å². The van der Waals surface area contributed by atoms with Crippen molar-refractivity contribution in [2.75, 3.05) is 0 Å². The first-order chi connectivity index (χ1) is 11.8. The van der Waals surface area contributed by atoms with Crippen molar-refractivity contribution in [2.24, 2.45) is 0 Å². The van der Waals surface area contributed by atoms with Gasteiger partial charge in [-0.15, -0.1) is 17.2 Å². The van der Waals surface area contributed by atoms with E-state index in [0.29, 0.717) is 11.1 Å². The van der Waals surface area contributed by atoms with Crippen molar-refractivity contribution in [2.45, 2.75) is 32.4 Å². The number of allylic oxidation sites excluding steroid dienone is 2. The molecule has 0 fully saturated rings. The predicted molar refractivity (Wildman–Crippen MR) is 100 cm³/mol. The summed E-state index contributed by atoms with van der Waals surface area (Å²) in [6.45, 7) is 11.8. The van der Waals surface area contributed by atoms with E-state index in [1.165, 1.54) is 0 Å². The van der Waals surface area contributed by atoms with E-state index in [0.717, 1.165) is 22.3 Å². The Morgan fingerprint density at radius 1 is 1.04 bits per heavy atom. The maximum atomic E-state index is 12.7. The fraction of sp³-hybridized carbons (Fsp3) is 0.227. The summed E-state index contributed by atoms with van der Waals surface area (Å²) in [6, 6.07) is 17.2. The molecule has 4 heteroatoms. The second-order valence-electron chi connectivity index (χ2n) is 6.88. The molecule has 0 heterocycles. The summed E-state index contributed by atoms with van der Waals surface area (Å²) < 4.78 is 0. The number of rotatable bonds is 4. The average Bonchev–Trinajstić information content (AvgIpc) is 2.86. The molecule has 1 aliphatic carbocycles. The molecule has 0 bridgehead atoms. The molecule has 26 heavy (non-hydrogen) atoms. The Morgan fingerprint density at radius 2 is 1.58 bits per heavy atom. The summed E-state index contributed by atoms with van der Waals surface area (Å²) >= 11 is 0. The van der Waals surface area contributed by atoms with E-state index in [2.05, 4.69) is 5.32 Å². The molecule has 0 radical (unpaired) electrons. The van der Waals surface area contributed by atoms with Gasteiger partial charge in [0.25, 0.3) is 5.91 Å². The second kappa shape index (κ2) is 8.00. The Morgan fingerprint density at radius 3 is 2.19 bits per heavy atom. The zero-order valence-corrected chi connectivity index (χ0v) is 18.1. The van der Waals surface area contributed by atoms with Gasteiger partial charge in [0.15, 0.2) is 0 Å². The monoisotopic (exact) mass is 421 g/mol. The fourth-order valence-corrected chi connectivity index (χ4v) is 3.29. The van der Waals surface area contributed by atoms with Crippen molar-refractivity contribution >= 4 is 17.1 Å². The van der Waals surface area contributed by atoms with Gasteiger partial charge in [0, 0.05) is 0 Å². The Labute approximate surface area is 180 Å². The summed E-state index contributed by atoms with van der Waals surface area (Å²) in [5.41, 5.74) is 4.00. The van der Waals surface area contributed by atoms with Crippen molar-refractivity contribution in [1.29, 1.82) is 0 Å². The summed E-state index contributed by atoms with van der Waals surface area (Å²) in [5.74, 6) is -0.437. The van der Waals surface area contributed by atoms with Gasteiger partial charge >= 0.3 is 32.7 Å². The molecular weight excluding hydrogens is 399 g/mol. The molecule has 0 spiro atoms. The third-order valence-corrected chi connectivity index (χ3v) is 4.77. The largest absolute Gasteiger partial charge is 3.00 e. The molecule has 1 aliphatic rings. The van der Waals surface area contributed by atoms with Crippen LogP contribution in [-0.4, -0.2) is 17.1 Å². The van der Waals surface area contributed by atoms with E-state index in [1.54, 1.807) is 0 Å². The summed E-state index contributed by atoms with van der Waals surface area (Å²) in [6.07, 6.45) is -1.27. The molecule has 2 aromatic rings. The molecule has 3 rings (SSSR count). The van der Waals surface area contributed by atoms with Gasteiger partial charge in [-0.3, -0.25) is 4.79 Å². The van der Waals surface area contributed by atoms with E-state index < -0.39 is 17.6 Å². The molecule has 2 N–H and O–H groups in total. The predicted octanol–water partition coefficient (Wildman–Crippen LogP) is 3.70. The minimum Gasteiger partial charge on any atom is -0.380 e. The number of carbonyl (C=O) groups is 1. The molecule has 3 nitrogen and oxygen atoms in total. The van der Waals surface area contributed by atoms with E-state index in [-0.39, 0.29) is 32.7 Å². The Bertz CT molecular complexity index is 869. The maximum absolute atomic E-state index is 12.7. The van der Waals surface area contributed by atoms with Crippen LogP contribution in [0.25, 0.3) is 11.1 Å². The molecule has 2 aromatic carbocycles. The fourth-order valence-electron chi connectivity index (χ4n) is 3.29. The Balaban J connectivity index is 0.00000243. The first-order valence-corrected chi connectivity index (χ1v) is 8.32. The maximum Gasteiger partial charge on any atom is 3.00 e. The zero-order valence-electron chi connectivity index (χ0n) is 15.3. The van der Waals surface area contributed by atoms with Crippen molar-refractivity contribution in [1.82, 2.24) is 5.32 Å². The topological polar surface area (TPSA) is 49.3 Å². The zero-order chi connectivity index (χ0) is 18.2. The molecule has 1 atom stereocenters. The molecule has 0 saturated heterocycles. The number of aliphatic hydroxyl groups is 1. The molecular formula is C22H22NO2Y+2. The van der Waals surface area contributed by atoms with Crippen LogP contribution < -0.4 is 5.32 Å². The molecule has 0 aromatic heterocycles. The van der Waals surface area contributed by atoms with Gasteiger partial charge in [0.1, 0.15) is 6.10 Å². The third kappa shape index (κ3) is 3.76. The number of benzene rings is 2. The minimum absolute atomic E-state index is 0. The van der Waals surface area contributed by atoms with E-state index in [4.69, 9.17) is 6.58 Å². The van der Waals surface area contributed by atoms with Crippen LogP contribution in [0.4, 0.5) is 0 Å². The van der Waals surface area contributed by atoms with Crippen LogP contribution in [-0.2, 0) is 43.0 Å². The second-order valence-corrected chi connectivity index (χ2v) is 6.88. The summed E-state index contributed by atoms with van der Waals surface area (Å²) in [7, 11) is 0. The summed E-state index contributed by atoms with van der Waals surface area (Å²) in [5, 5.41) is 13.7. The van der Waals surface area contributed by atoms with E-state index in [1.807, 2.05) is 75.4 Å². The van der Waals surface area contributed by atoms with Crippen molar-refractivity contribution in [3.05, 3.63) is 83.4 Å². The van der Waals surface area contributed by atoms with Gasteiger partial charge in [0.2, 0.25) is 0 Å². The molecule has 1 unspecified atom stereocenters. The van der Waals surface area contributed by atoms with Gasteiger partial charge in [-0.2, -0.15) is 5.57 Å². The molecule has 0 saturated carbocycles. The van der Waals surface area contributed by atoms with Crippen LogP contribution in [0.15, 0.2) is 60.2 Å². The van der Waals surface area contributed by atoms with Crippen molar-refractivity contribution in [3.63, 3.8) is 0 Å². The number of carbonyl (C=O) groups excluding carboxylic acids is 1. The van der Waals surface area contributed by atoms with Crippen LogP contribution >= 0.6 is 0 Å². The normalized spacial score (nSPS) is 14.5. The smallest absolute Gasteiger partial charge is 0.380 e. The standard InChI is InChI=1S/C22H22NO2.Y/c1-14-15(2)19(18-13-9-8-12-17(14)18)20(24)21(25)23-22(3,4)16-10-6-5-7-11-16;/h1,5-13,20,24H,2-4H3,(H,23,25);/q-1;+3. The van der Waals surface area contributed by atoms with Gasteiger partial charge in [-0.25, -0.2) is 6.58 Å². The molecule has 128 valence electrons. The Kier molecular flexibility index (Phi) is 6.39. The first-order valence-electron chi connectivity index (χ1n) is 8.32. The van der Waals surface area contributed by atoms with E-state index >= 15 is 0 Å². The van der Waals surface area contributed by atoms with Crippen molar-refractivity contribution < 1.29 is 42.6 Å². The number of aliphatic hydroxyl groups excluding tert-OH is 1. The molecule has 1 amide bonds. The van der Waals surface area contributed by atoms with Gasteiger partial charge in [-0.05, 0) is 19.4 Å². The number of hydrogen-bond donors (Lipinski definition) is 2. The SMILES string of the molecule is [CH-]=C1C(C)=C(C(O)C(=O)NC(C)(C)c2ccccc2)c2ccccc21.[Y+3]. The first kappa shape index (κ1) is 20.8. The average molecular weight is 421 g/mol. The Hall–Kier alpha value is -1.55. The van der Waals surface area contributed by atoms with Gasteiger partial charge in [0.05, 0.1) is 5.54 Å². The number of nitrogens with one attached hydrogen (secondary N) is 1. The van der Waals surface area contributed by atoms with Crippen LogP contribution in [0.1, 0.15) is 37.5 Å². The summed E-state index contributed by atoms with van der Waals surface area (Å²) in [4.78, 5) is 12.7. The number of amides is 1. The minimum atomic E-state index is -1.27. The van der Waals surface area contributed by atoms with Crippen molar-refractivity contribution in [3.8, 4) is 0 Å².